The Kier molecular flexibility index (Phi) is 3.39. The van der Waals surface area contributed by atoms with Crippen molar-refractivity contribution in [2.45, 2.75) is 27.3 Å². The Balaban J connectivity index is 2.00. The second-order valence-corrected chi connectivity index (χ2v) is 5.85. The highest BCUT2D eigenvalue weighted by molar-refractivity contribution is 5.93. The summed E-state index contributed by atoms with van der Waals surface area (Å²) < 4.78 is 1.63. The van der Waals surface area contributed by atoms with Gasteiger partial charge in [-0.2, -0.15) is 0 Å². The van der Waals surface area contributed by atoms with Crippen molar-refractivity contribution in [3.63, 3.8) is 0 Å². The molecule has 1 fully saturated rings. The highest BCUT2D eigenvalue weighted by Crippen LogP contribution is 2.27. The molecule has 2 rings (SSSR count). The van der Waals surface area contributed by atoms with Gasteiger partial charge in [0.25, 0.3) is 5.56 Å². The van der Waals surface area contributed by atoms with E-state index in [2.05, 4.69) is 18.7 Å². The number of nitrogens with zero attached hydrogens (tertiary/aromatic N) is 2. The molecule has 18 heavy (non-hydrogen) atoms. The molecule has 1 aromatic rings. The maximum Gasteiger partial charge on any atom is 0.261 e. The lowest BCUT2D eigenvalue weighted by Gasteiger charge is -2.46. The summed E-state index contributed by atoms with van der Waals surface area (Å²) in [4.78, 5) is 25.6. The largest absolute Gasteiger partial charge is 0.314 e. The van der Waals surface area contributed by atoms with Crippen LogP contribution < -0.4 is 5.56 Å². The van der Waals surface area contributed by atoms with Crippen LogP contribution in [0.1, 0.15) is 31.1 Å². The molecule has 98 valence electrons. The predicted molar refractivity (Wildman–Crippen MR) is 70.9 cm³/mol. The molecule has 0 bridgehead atoms. The van der Waals surface area contributed by atoms with E-state index in [1.807, 2.05) is 0 Å². The van der Waals surface area contributed by atoms with Gasteiger partial charge in [0.1, 0.15) is 0 Å². The van der Waals surface area contributed by atoms with Crippen LogP contribution in [-0.2, 0) is 6.54 Å². The Morgan fingerprint density at radius 2 is 2.00 bits per heavy atom. The van der Waals surface area contributed by atoms with Crippen molar-refractivity contribution in [3.05, 3.63) is 34.2 Å². The molecular weight excluding hydrogens is 228 g/mol. The maximum atomic E-state index is 12.0. The van der Waals surface area contributed by atoms with Crippen LogP contribution in [0.5, 0.6) is 0 Å². The molecule has 1 aliphatic heterocycles. The Hall–Kier alpha value is -1.42. The maximum absolute atomic E-state index is 12.0. The summed E-state index contributed by atoms with van der Waals surface area (Å²) >= 11 is 0. The van der Waals surface area contributed by atoms with Gasteiger partial charge in [-0.1, -0.05) is 13.8 Å². The van der Waals surface area contributed by atoms with Crippen molar-refractivity contribution in [1.82, 2.24) is 9.47 Å². The monoisotopic (exact) mass is 248 g/mol. The van der Waals surface area contributed by atoms with Crippen LogP contribution in [0.15, 0.2) is 23.1 Å². The van der Waals surface area contributed by atoms with Crippen molar-refractivity contribution in [2.75, 3.05) is 19.6 Å². The van der Waals surface area contributed by atoms with E-state index in [0.29, 0.717) is 12.0 Å². The molecular formula is C14H20N2O2. The topological polar surface area (TPSA) is 42.3 Å². The third kappa shape index (κ3) is 2.70. The summed E-state index contributed by atoms with van der Waals surface area (Å²) in [5.41, 5.74) is 0.512. The molecule has 0 amide bonds. The minimum Gasteiger partial charge on any atom is -0.314 e. The van der Waals surface area contributed by atoms with Gasteiger partial charge < -0.3 is 9.47 Å². The molecule has 0 aliphatic carbocycles. The number of carbonyl (C=O) groups excluding carboxylic acids is 1. The molecule has 0 N–H and O–H groups in total. The Morgan fingerprint density at radius 1 is 1.33 bits per heavy atom. The van der Waals surface area contributed by atoms with Gasteiger partial charge >= 0.3 is 0 Å². The fraction of sp³-hybridized carbons (Fsp3) is 0.571. The highest BCUT2D eigenvalue weighted by atomic mass is 16.1. The molecule has 1 aromatic heterocycles. The minimum absolute atomic E-state index is 0.167. The zero-order chi connectivity index (χ0) is 13.3. The van der Waals surface area contributed by atoms with E-state index in [9.17, 15) is 9.59 Å². The van der Waals surface area contributed by atoms with E-state index in [-0.39, 0.29) is 16.9 Å². The predicted octanol–water partition coefficient (Wildman–Crippen LogP) is 1.39. The van der Waals surface area contributed by atoms with Crippen LogP contribution in [0, 0.1) is 5.41 Å². The summed E-state index contributed by atoms with van der Waals surface area (Å²) in [6, 6.07) is 3.35. The average molecular weight is 248 g/mol. The first kappa shape index (κ1) is 13.0. The second kappa shape index (κ2) is 4.69. The van der Waals surface area contributed by atoms with Gasteiger partial charge in [-0.25, -0.2) is 0 Å². The first-order valence-corrected chi connectivity index (χ1v) is 6.32. The van der Waals surface area contributed by atoms with Crippen molar-refractivity contribution in [1.29, 1.82) is 0 Å². The van der Waals surface area contributed by atoms with Crippen molar-refractivity contribution < 1.29 is 4.79 Å². The van der Waals surface area contributed by atoms with Gasteiger partial charge in [-0.15, -0.1) is 0 Å². The number of pyridine rings is 1. The lowest BCUT2D eigenvalue weighted by molar-refractivity contribution is 0.0283. The quantitative estimate of drug-likeness (QED) is 0.756. The first-order chi connectivity index (χ1) is 8.39. The van der Waals surface area contributed by atoms with Gasteiger partial charge in [-0.05, 0) is 24.5 Å². The van der Waals surface area contributed by atoms with Gasteiger partial charge in [0.05, 0.1) is 5.56 Å². The number of rotatable bonds is 4. The van der Waals surface area contributed by atoms with Crippen LogP contribution in [0.25, 0.3) is 0 Å². The lowest BCUT2D eigenvalue weighted by atomic mass is 9.84. The third-order valence-electron chi connectivity index (χ3n) is 3.36. The summed E-state index contributed by atoms with van der Waals surface area (Å²) in [5, 5.41) is 0. The number of hydrogen-bond donors (Lipinski definition) is 0. The molecule has 0 unspecified atom stereocenters. The number of hydrogen-bond acceptors (Lipinski definition) is 3. The zero-order valence-corrected chi connectivity index (χ0v) is 11.3. The summed E-state index contributed by atoms with van der Waals surface area (Å²) in [5.74, 6) is -0.167. The minimum atomic E-state index is -0.176. The van der Waals surface area contributed by atoms with Crippen molar-refractivity contribution in [2.24, 2.45) is 5.41 Å². The summed E-state index contributed by atoms with van der Waals surface area (Å²) in [7, 11) is 0. The Labute approximate surface area is 107 Å². The number of Topliss-reactive ketones (excluding diaryl/α,β-unsaturated/α-hetero) is 1. The average Bonchev–Trinajstić information content (AvgIpc) is 2.24. The highest BCUT2D eigenvalue weighted by Gasteiger charge is 2.33. The van der Waals surface area contributed by atoms with E-state index >= 15 is 0 Å². The SMILES string of the molecule is CC(=O)c1cccn(CCN2CC(C)(C)C2)c1=O. The van der Waals surface area contributed by atoms with Crippen LogP contribution in [0.4, 0.5) is 0 Å². The van der Waals surface area contributed by atoms with E-state index in [1.54, 1.807) is 22.9 Å². The lowest BCUT2D eigenvalue weighted by Crippen LogP contribution is -2.53. The Morgan fingerprint density at radius 3 is 2.56 bits per heavy atom. The molecule has 0 saturated carbocycles. The molecule has 4 nitrogen and oxygen atoms in total. The summed E-state index contributed by atoms with van der Waals surface area (Å²) in [6.45, 7) is 9.58. The fourth-order valence-corrected chi connectivity index (χ4v) is 2.55. The van der Waals surface area contributed by atoms with Gasteiger partial charge in [0.15, 0.2) is 5.78 Å². The molecule has 0 radical (unpaired) electrons. The number of ketones is 1. The molecule has 4 heteroatoms. The molecule has 1 saturated heterocycles. The second-order valence-electron chi connectivity index (χ2n) is 5.85. The molecule has 1 aliphatic rings. The van der Waals surface area contributed by atoms with Crippen LogP contribution in [-0.4, -0.2) is 34.9 Å². The standard InChI is InChI=1S/C14H20N2O2/c1-11(17)12-5-4-6-16(13(12)18)8-7-15-9-14(2,3)10-15/h4-6H,7-10H2,1-3H3. The van der Waals surface area contributed by atoms with Crippen molar-refractivity contribution in [3.8, 4) is 0 Å². The van der Waals surface area contributed by atoms with E-state index in [1.165, 1.54) is 6.92 Å². The molecule has 2 heterocycles. The van der Waals surface area contributed by atoms with Gasteiger partial charge in [0.2, 0.25) is 0 Å². The fourth-order valence-electron chi connectivity index (χ4n) is 2.55. The smallest absolute Gasteiger partial charge is 0.261 e. The van der Waals surface area contributed by atoms with Crippen LogP contribution in [0.3, 0.4) is 0 Å². The molecule has 0 aromatic carbocycles. The summed E-state index contributed by atoms with van der Waals surface area (Å²) in [6.07, 6.45) is 1.75. The number of likely N-dealkylation sites (tertiary alicyclic amines) is 1. The van der Waals surface area contributed by atoms with Crippen molar-refractivity contribution >= 4 is 5.78 Å². The Bertz CT molecular complexity index is 509. The van der Waals surface area contributed by atoms with E-state index < -0.39 is 0 Å². The normalized spacial score (nSPS) is 18.4. The van der Waals surface area contributed by atoms with Gasteiger partial charge in [-0.3, -0.25) is 9.59 Å². The van der Waals surface area contributed by atoms with E-state index in [0.717, 1.165) is 19.6 Å². The number of aromatic nitrogens is 1. The van der Waals surface area contributed by atoms with E-state index in [4.69, 9.17) is 0 Å². The first-order valence-electron chi connectivity index (χ1n) is 6.32. The van der Waals surface area contributed by atoms with Gasteiger partial charge in [0, 0.05) is 32.4 Å². The van der Waals surface area contributed by atoms with Crippen LogP contribution in [0.2, 0.25) is 0 Å². The zero-order valence-electron chi connectivity index (χ0n) is 11.3. The molecule has 0 atom stereocenters. The van der Waals surface area contributed by atoms with Crippen LogP contribution >= 0.6 is 0 Å². The third-order valence-corrected chi connectivity index (χ3v) is 3.36. The molecule has 0 spiro atoms. The number of carbonyl (C=O) groups is 1.